The van der Waals surface area contributed by atoms with Crippen molar-refractivity contribution in [3.63, 3.8) is 0 Å². The first-order valence-electron chi connectivity index (χ1n) is 7.54. The molecule has 7 nitrogen and oxygen atoms in total. The van der Waals surface area contributed by atoms with Crippen LogP contribution in [0.5, 0.6) is 0 Å². The molecule has 0 aromatic carbocycles. The van der Waals surface area contributed by atoms with Crippen LogP contribution in [0, 0.1) is 5.92 Å². The summed E-state index contributed by atoms with van der Waals surface area (Å²) in [6.07, 6.45) is 4.22. The predicted molar refractivity (Wildman–Crippen MR) is 85.3 cm³/mol. The molecule has 1 atom stereocenters. The smallest absolute Gasteiger partial charge is 0.223 e. The van der Waals surface area contributed by atoms with Crippen LogP contribution in [0.15, 0.2) is 24.4 Å². The molecular weight excluding hydrogens is 318 g/mol. The quantitative estimate of drug-likeness (QED) is 0.759. The van der Waals surface area contributed by atoms with Gasteiger partial charge in [0.1, 0.15) is 5.69 Å². The number of rotatable bonds is 6. The molecular formula is C15H21N3O4S. The fourth-order valence-corrected chi connectivity index (χ4v) is 3.11. The molecule has 1 fully saturated rings. The average Bonchev–Trinajstić information content (AvgIpc) is 2.54. The van der Waals surface area contributed by atoms with Gasteiger partial charge in [-0.1, -0.05) is 6.07 Å². The summed E-state index contributed by atoms with van der Waals surface area (Å²) in [6.45, 7) is 1.05. The maximum Gasteiger partial charge on any atom is 0.223 e. The van der Waals surface area contributed by atoms with Crippen molar-refractivity contribution in [1.82, 2.24) is 14.6 Å². The zero-order valence-electron chi connectivity index (χ0n) is 13.1. The van der Waals surface area contributed by atoms with Gasteiger partial charge in [0.15, 0.2) is 5.78 Å². The number of piperidine rings is 1. The standard InChI is InChI=1S/C15H21N3O4S/c1-23(21,22)17-9-7-14(19)18-10-4-5-12(11-18)15(20)13-6-2-3-8-16-13/h2-3,6,8,12,17H,4-5,7,9-11H2,1H3/t12-/m1/s1. The second kappa shape index (κ2) is 7.65. The van der Waals surface area contributed by atoms with Gasteiger partial charge in [-0.2, -0.15) is 0 Å². The molecule has 0 radical (unpaired) electrons. The number of amides is 1. The van der Waals surface area contributed by atoms with E-state index in [-0.39, 0.29) is 30.6 Å². The third kappa shape index (κ3) is 5.40. The Kier molecular flexibility index (Phi) is 5.84. The van der Waals surface area contributed by atoms with E-state index in [1.54, 1.807) is 29.3 Å². The lowest BCUT2D eigenvalue weighted by Gasteiger charge is -2.32. The molecule has 1 N–H and O–H groups in total. The molecule has 8 heteroatoms. The monoisotopic (exact) mass is 339 g/mol. The Balaban J connectivity index is 1.90. The van der Waals surface area contributed by atoms with Gasteiger partial charge in [-0.15, -0.1) is 0 Å². The molecule has 1 amide bonds. The highest BCUT2D eigenvalue weighted by Gasteiger charge is 2.29. The number of pyridine rings is 1. The van der Waals surface area contributed by atoms with Gasteiger partial charge in [0.25, 0.3) is 0 Å². The summed E-state index contributed by atoms with van der Waals surface area (Å²) in [5.41, 5.74) is 0.422. The van der Waals surface area contributed by atoms with Gasteiger partial charge in [0.2, 0.25) is 15.9 Å². The lowest BCUT2D eigenvalue weighted by atomic mass is 9.91. The van der Waals surface area contributed by atoms with E-state index < -0.39 is 10.0 Å². The first kappa shape index (κ1) is 17.6. The SMILES string of the molecule is CS(=O)(=O)NCCC(=O)N1CCC[C@@H](C(=O)c2ccccn2)C1. The van der Waals surface area contributed by atoms with Crippen LogP contribution in [0.4, 0.5) is 0 Å². The van der Waals surface area contributed by atoms with Crippen molar-refractivity contribution in [2.75, 3.05) is 25.9 Å². The zero-order chi connectivity index (χ0) is 16.9. The average molecular weight is 339 g/mol. The Hall–Kier alpha value is -1.80. The molecule has 23 heavy (non-hydrogen) atoms. The van der Waals surface area contributed by atoms with Gasteiger partial charge in [-0.3, -0.25) is 14.6 Å². The topological polar surface area (TPSA) is 96.4 Å². The number of hydrogen-bond acceptors (Lipinski definition) is 5. The summed E-state index contributed by atoms with van der Waals surface area (Å²) in [5.74, 6) is -0.428. The Labute approximate surface area is 136 Å². The van der Waals surface area contributed by atoms with E-state index in [0.29, 0.717) is 18.8 Å². The third-order valence-corrected chi connectivity index (χ3v) is 4.49. The van der Waals surface area contributed by atoms with Gasteiger partial charge >= 0.3 is 0 Å². The summed E-state index contributed by atoms with van der Waals surface area (Å²) < 4.78 is 24.3. The van der Waals surface area contributed by atoms with Crippen LogP contribution in [0.1, 0.15) is 29.8 Å². The maximum atomic E-state index is 12.4. The molecule has 0 spiro atoms. The van der Waals surface area contributed by atoms with E-state index in [4.69, 9.17) is 0 Å². The molecule has 2 rings (SSSR count). The summed E-state index contributed by atoms with van der Waals surface area (Å²) in [5, 5.41) is 0. The minimum Gasteiger partial charge on any atom is -0.342 e. The van der Waals surface area contributed by atoms with Crippen LogP contribution in [0.25, 0.3) is 0 Å². The van der Waals surface area contributed by atoms with E-state index in [9.17, 15) is 18.0 Å². The highest BCUT2D eigenvalue weighted by Crippen LogP contribution is 2.20. The number of nitrogens with zero attached hydrogens (tertiary/aromatic N) is 2. The van der Waals surface area contributed by atoms with Gasteiger partial charge < -0.3 is 4.90 Å². The van der Waals surface area contributed by atoms with Crippen LogP contribution in [0.2, 0.25) is 0 Å². The summed E-state index contributed by atoms with van der Waals surface area (Å²) in [6, 6.07) is 5.20. The number of likely N-dealkylation sites (tertiary alicyclic amines) is 1. The van der Waals surface area contributed by atoms with Gasteiger partial charge in [-0.25, -0.2) is 13.1 Å². The Bertz CT molecular complexity index is 661. The largest absolute Gasteiger partial charge is 0.342 e. The van der Waals surface area contributed by atoms with Crippen LogP contribution in [-0.2, 0) is 14.8 Å². The van der Waals surface area contributed by atoms with Crippen molar-refractivity contribution in [1.29, 1.82) is 0 Å². The second-order valence-corrected chi connectivity index (χ2v) is 7.51. The van der Waals surface area contributed by atoms with E-state index in [1.165, 1.54) is 0 Å². The molecule has 1 aliphatic rings. The van der Waals surface area contributed by atoms with Gasteiger partial charge in [-0.05, 0) is 25.0 Å². The number of hydrogen-bond donors (Lipinski definition) is 1. The number of aromatic nitrogens is 1. The van der Waals surface area contributed by atoms with E-state index in [0.717, 1.165) is 19.1 Å². The Morgan fingerprint density at radius 1 is 1.39 bits per heavy atom. The minimum absolute atomic E-state index is 0.0441. The van der Waals surface area contributed by atoms with E-state index in [1.807, 2.05) is 0 Å². The van der Waals surface area contributed by atoms with Gasteiger partial charge in [0, 0.05) is 38.2 Å². The molecule has 2 heterocycles. The highest BCUT2D eigenvalue weighted by atomic mass is 32.2. The Morgan fingerprint density at radius 2 is 2.17 bits per heavy atom. The van der Waals surface area contributed by atoms with Crippen molar-refractivity contribution in [3.8, 4) is 0 Å². The maximum absolute atomic E-state index is 12.4. The van der Waals surface area contributed by atoms with Crippen molar-refractivity contribution in [3.05, 3.63) is 30.1 Å². The third-order valence-electron chi connectivity index (χ3n) is 3.77. The highest BCUT2D eigenvalue weighted by molar-refractivity contribution is 7.88. The molecule has 0 aliphatic carbocycles. The lowest BCUT2D eigenvalue weighted by molar-refractivity contribution is -0.132. The summed E-state index contributed by atoms with van der Waals surface area (Å²) >= 11 is 0. The fourth-order valence-electron chi connectivity index (χ4n) is 2.64. The minimum atomic E-state index is -3.29. The number of sulfonamides is 1. The molecule has 1 saturated heterocycles. The lowest BCUT2D eigenvalue weighted by Crippen LogP contribution is -2.43. The predicted octanol–water partition coefficient (Wildman–Crippen LogP) is 0.442. The normalized spacial score (nSPS) is 18.7. The number of carbonyl (C=O) groups excluding carboxylic acids is 2. The van der Waals surface area contributed by atoms with Crippen molar-refractivity contribution in [2.24, 2.45) is 5.92 Å². The summed E-state index contributed by atoms with van der Waals surface area (Å²) in [4.78, 5) is 30.3. The number of nitrogens with one attached hydrogen (secondary N) is 1. The van der Waals surface area contributed by atoms with Crippen LogP contribution in [-0.4, -0.2) is 55.9 Å². The van der Waals surface area contributed by atoms with Crippen molar-refractivity contribution in [2.45, 2.75) is 19.3 Å². The van der Waals surface area contributed by atoms with E-state index in [2.05, 4.69) is 9.71 Å². The van der Waals surface area contributed by atoms with E-state index >= 15 is 0 Å². The molecule has 0 unspecified atom stereocenters. The molecule has 1 aromatic heterocycles. The first-order valence-corrected chi connectivity index (χ1v) is 9.43. The molecule has 0 saturated carbocycles. The Morgan fingerprint density at radius 3 is 2.83 bits per heavy atom. The van der Waals surface area contributed by atoms with Gasteiger partial charge in [0.05, 0.1) is 6.26 Å². The number of carbonyl (C=O) groups is 2. The number of ketones is 1. The first-order chi connectivity index (χ1) is 10.9. The second-order valence-electron chi connectivity index (χ2n) is 5.67. The number of Topliss-reactive ketones (excluding diaryl/α,β-unsaturated/α-hetero) is 1. The van der Waals surface area contributed by atoms with Crippen LogP contribution in [0.3, 0.4) is 0 Å². The zero-order valence-corrected chi connectivity index (χ0v) is 13.9. The van der Waals surface area contributed by atoms with Crippen molar-refractivity contribution >= 4 is 21.7 Å². The van der Waals surface area contributed by atoms with Crippen molar-refractivity contribution < 1.29 is 18.0 Å². The fraction of sp³-hybridized carbons (Fsp3) is 0.533. The molecule has 0 bridgehead atoms. The molecule has 1 aliphatic heterocycles. The summed E-state index contributed by atoms with van der Waals surface area (Å²) in [7, 11) is -3.29. The van der Waals surface area contributed by atoms with Crippen LogP contribution < -0.4 is 4.72 Å². The van der Waals surface area contributed by atoms with Crippen LogP contribution >= 0.6 is 0 Å². The molecule has 126 valence electrons. The molecule has 1 aromatic rings.